The molecule has 0 spiro atoms. The number of fused-ring (bicyclic) bond motifs is 1. The first kappa shape index (κ1) is 14.9. The lowest BCUT2D eigenvalue weighted by Gasteiger charge is -2.05. The molecule has 1 aromatic carbocycles. The highest BCUT2D eigenvalue weighted by Gasteiger charge is 2.11. The molecule has 23 heavy (non-hydrogen) atoms. The van der Waals surface area contributed by atoms with Crippen LogP contribution in [0.15, 0.2) is 30.5 Å². The Bertz CT molecular complexity index is 877. The molecule has 0 saturated carbocycles. The second-order valence-electron chi connectivity index (χ2n) is 5.13. The smallest absolute Gasteiger partial charge is 0.290 e. The monoisotopic (exact) mass is 315 g/mol. The summed E-state index contributed by atoms with van der Waals surface area (Å²) in [5.41, 5.74) is 1.91. The first-order valence-electron chi connectivity index (χ1n) is 7.02. The lowest BCUT2D eigenvalue weighted by atomic mass is 10.2. The number of nitrogens with one attached hydrogen (secondary N) is 2. The van der Waals surface area contributed by atoms with Crippen LogP contribution in [-0.4, -0.2) is 26.4 Å². The molecule has 3 aromatic rings. The standard InChI is InChI=1S/C15H14FN5O2/c1-9-6-15(18-8-13(9)21(22)23)17-5-4-14-19-11-3-2-10(16)7-12(11)20-14/h2-3,6-8H,4-5H2,1H3,(H,17,18)(H,19,20). The van der Waals surface area contributed by atoms with Gasteiger partial charge in [0.05, 0.1) is 16.0 Å². The number of hydrogen-bond acceptors (Lipinski definition) is 5. The summed E-state index contributed by atoms with van der Waals surface area (Å²) in [6, 6.07) is 6.03. The van der Waals surface area contributed by atoms with Gasteiger partial charge in [-0.15, -0.1) is 0 Å². The number of hydrogen-bond donors (Lipinski definition) is 2. The Morgan fingerprint density at radius 1 is 1.39 bits per heavy atom. The van der Waals surface area contributed by atoms with E-state index < -0.39 is 4.92 Å². The molecule has 0 bridgehead atoms. The maximum absolute atomic E-state index is 13.1. The zero-order chi connectivity index (χ0) is 16.4. The van der Waals surface area contributed by atoms with E-state index in [1.165, 1.54) is 18.3 Å². The highest BCUT2D eigenvalue weighted by atomic mass is 19.1. The molecular formula is C15H14FN5O2. The van der Waals surface area contributed by atoms with E-state index in [2.05, 4.69) is 20.3 Å². The van der Waals surface area contributed by atoms with Crippen LogP contribution in [0.5, 0.6) is 0 Å². The quantitative estimate of drug-likeness (QED) is 0.557. The molecule has 0 atom stereocenters. The zero-order valence-corrected chi connectivity index (χ0v) is 12.3. The van der Waals surface area contributed by atoms with Crippen LogP contribution in [0, 0.1) is 22.9 Å². The van der Waals surface area contributed by atoms with Crippen molar-refractivity contribution in [3.8, 4) is 0 Å². The largest absolute Gasteiger partial charge is 0.370 e. The van der Waals surface area contributed by atoms with Crippen LogP contribution in [-0.2, 0) is 6.42 Å². The lowest BCUT2D eigenvalue weighted by Crippen LogP contribution is -2.07. The minimum Gasteiger partial charge on any atom is -0.370 e. The van der Waals surface area contributed by atoms with Gasteiger partial charge in [0.25, 0.3) is 5.69 Å². The summed E-state index contributed by atoms with van der Waals surface area (Å²) in [6.45, 7) is 2.21. The molecule has 0 amide bonds. The number of aromatic amines is 1. The number of pyridine rings is 1. The summed E-state index contributed by atoms with van der Waals surface area (Å²) in [7, 11) is 0. The van der Waals surface area contributed by atoms with E-state index in [0.717, 1.165) is 5.82 Å². The van der Waals surface area contributed by atoms with Gasteiger partial charge in [-0.2, -0.15) is 0 Å². The Kier molecular flexibility index (Phi) is 3.88. The van der Waals surface area contributed by atoms with Crippen LogP contribution in [0.4, 0.5) is 15.9 Å². The Balaban J connectivity index is 1.64. The van der Waals surface area contributed by atoms with Gasteiger partial charge >= 0.3 is 0 Å². The minimum atomic E-state index is -0.459. The molecule has 2 N–H and O–H groups in total. The maximum Gasteiger partial charge on any atom is 0.290 e. The SMILES string of the molecule is Cc1cc(NCCc2nc3ccc(F)cc3[nH]2)ncc1[N+](=O)[O-]. The summed E-state index contributed by atoms with van der Waals surface area (Å²) in [6.07, 6.45) is 1.83. The van der Waals surface area contributed by atoms with E-state index in [1.54, 1.807) is 19.1 Å². The van der Waals surface area contributed by atoms with Crippen LogP contribution >= 0.6 is 0 Å². The summed E-state index contributed by atoms with van der Waals surface area (Å²) in [4.78, 5) is 21.7. The maximum atomic E-state index is 13.1. The topological polar surface area (TPSA) is 96.7 Å². The highest BCUT2D eigenvalue weighted by molar-refractivity contribution is 5.74. The number of rotatable bonds is 5. The van der Waals surface area contributed by atoms with Gasteiger partial charge in [-0.3, -0.25) is 10.1 Å². The predicted molar refractivity (Wildman–Crippen MR) is 83.9 cm³/mol. The third-order valence-corrected chi connectivity index (χ3v) is 3.44. The van der Waals surface area contributed by atoms with Gasteiger partial charge in [-0.05, 0) is 31.2 Å². The number of halogens is 1. The molecule has 7 nitrogen and oxygen atoms in total. The zero-order valence-electron chi connectivity index (χ0n) is 12.3. The average Bonchev–Trinajstić information content (AvgIpc) is 2.88. The van der Waals surface area contributed by atoms with Crippen LogP contribution in [0.25, 0.3) is 11.0 Å². The molecule has 0 unspecified atom stereocenters. The van der Waals surface area contributed by atoms with Crippen molar-refractivity contribution in [2.75, 3.05) is 11.9 Å². The molecule has 0 saturated heterocycles. The van der Waals surface area contributed by atoms with Gasteiger partial charge in [0.2, 0.25) is 0 Å². The Labute approximate surface area is 130 Å². The van der Waals surface area contributed by atoms with Crippen LogP contribution in [0.1, 0.15) is 11.4 Å². The fraction of sp³-hybridized carbons (Fsp3) is 0.200. The number of nitrogens with zero attached hydrogens (tertiary/aromatic N) is 3. The van der Waals surface area contributed by atoms with Gasteiger partial charge in [0.1, 0.15) is 23.7 Å². The van der Waals surface area contributed by atoms with E-state index in [0.29, 0.717) is 35.4 Å². The summed E-state index contributed by atoms with van der Waals surface area (Å²) < 4.78 is 13.1. The van der Waals surface area contributed by atoms with Gasteiger partial charge in [0.15, 0.2) is 0 Å². The van der Waals surface area contributed by atoms with Gasteiger partial charge in [-0.25, -0.2) is 14.4 Å². The van der Waals surface area contributed by atoms with Crippen LogP contribution in [0.3, 0.4) is 0 Å². The predicted octanol–water partition coefficient (Wildman–Crippen LogP) is 2.97. The van der Waals surface area contributed by atoms with E-state index in [4.69, 9.17) is 0 Å². The number of aryl methyl sites for hydroxylation is 1. The van der Waals surface area contributed by atoms with Crippen LogP contribution in [0.2, 0.25) is 0 Å². The molecule has 2 aromatic heterocycles. The Hall–Kier alpha value is -3.03. The number of anilines is 1. The van der Waals surface area contributed by atoms with Crippen molar-refractivity contribution in [2.45, 2.75) is 13.3 Å². The van der Waals surface area contributed by atoms with E-state index in [9.17, 15) is 14.5 Å². The fourth-order valence-electron chi connectivity index (χ4n) is 2.30. The first-order chi connectivity index (χ1) is 11.0. The number of imidazole rings is 1. The number of nitro groups is 1. The number of aromatic nitrogens is 3. The third kappa shape index (κ3) is 3.25. The molecule has 0 radical (unpaired) electrons. The first-order valence-corrected chi connectivity index (χ1v) is 7.02. The Morgan fingerprint density at radius 3 is 2.96 bits per heavy atom. The summed E-state index contributed by atoms with van der Waals surface area (Å²) >= 11 is 0. The molecule has 0 fully saturated rings. The average molecular weight is 315 g/mol. The lowest BCUT2D eigenvalue weighted by molar-refractivity contribution is -0.385. The highest BCUT2D eigenvalue weighted by Crippen LogP contribution is 2.19. The number of benzene rings is 1. The van der Waals surface area contributed by atoms with Gasteiger partial charge < -0.3 is 10.3 Å². The van der Waals surface area contributed by atoms with E-state index in [1.807, 2.05) is 0 Å². The summed E-state index contributed by atoms with van der Waals surface area (Å²) in [5, 5.41) is 13.8. The van der Waals surface area contributed by atoms with Crippen LogP contribution < -0.4 is 5.32 Å². The van der Waals surface area contributed by atoms with Gasteiger partial charge in [0, 0.05) is 18.5 Å². The van der Waals surface area contributed by atoms with Crippen molar-refractivity contribution in [1.82, 2.24) is 15.0 Å². The normalized spacial score (nSPS) is 10.9. The van der Waals surface area contributed by atoms with E-state index in [-0.39, 0.29) is 11.5 Å². The minimum absolute atomic E-state index is 0.00476. The van der Waals surface area contributed by atoms with Crippen molar-refractivity contribution < 1.29 is 9.31 Å². The second kappa shape index (κ2) is 5.99. The van der Waals surface area contributed by atoms with Crippen molar-refractivity contribution in [3.63, 3.8) is 0 Å². The molecule has 2 heterocycles. The van der Waals surface area contributed by atoms with Crippen molar-refractivity contribution >= 4 is 22.5 Å². The molecule has 0 aliphatic rings. The molecule has 118 valence electrons. The molecule has 0 aliphatic heterocycles. The second-order valence-corrected chi connectivity index (χ2v) is 5.13. The third-order valence-electron chi connectivity index (χ3n) is 3.44. The molecule has 0 aliphatic carbocycles. The van der Waals surface area contributed by atoms with Gasteiger partial charge in [-0.1, -0.05) is 0 Å². The molecule has 8 heteroatoms. The van der Waals surface area contributed by atoms with Crippen molar-refractivity contribution in [1.29, 1.82) is 0 Å². The van der Waals surface area contributed by atoms with Crippen molar-refractivity contribution in [2.24, 2.45) is 0 Å². The Morgan fingerprint density at radius 2 is 2.22 bits per heavy atom. The molecular weight excluding hydrogens is 301 g/mol. The van der Waals surface area contributed by atoms with Crippen molar-refractivity contribution in [3.05, 3.63) is 57.8 Å². The fourth-order valence-corrected chi connectivity index (χ4v) is 2.30. The van der Waals surface area contributed by atoms with E-state index >= 15 is 0 Å². The summed E-state index contributed by atoms with van der Waals surface area (Å²) in [5.74, 6) is 0.989. The molecule has 3 rings (SSSR count). The number of H-pyrrole nitrogens is 1.